The highest BCUT2D eigenvalue weighted by Crippen LogP contribution is 2.15. The van der Waals surface area contributed by atoms with Crippen molar-refractivity contribution in [1.29, 1.82) is 0 Å². The number of anilines is 1. The van der Waals surface area contributed by atoms with Crippen molar-refractivity contribution < 1.29 is 9.59 Å². The van der Waals surface area contributed by atoms with E-state index < -0.39 is 0 Å². The molecule has 8 nitrogen and oxygen atoms in total. The first-order valence-electron chi connectivity index (χ1n) is 7.72. The van der Waals surface area contributed by atoms with E-state index in [0.717, 1.165) is 16.6 Å². The van der Waals surface area contributed by atoms with E-state index in [-0.39, 0.29) is 18.2 Å². The van der Waals surface area contributed by atoms with Gasteiger partial charge in [0.2, 0.25) is 5.91 Å². The second kappa shape index (κ2) is 8.09. The third kappa shape index (κ3) is 4.44. The topological polar surface area (TPSA) is 93.8 Å². The summed E-state index contributed by atoms with van der Waals surface area (Å²) in [5.41, 5.74) is 1.63. The second-order valence-corrected chi connectivity index (χ2v) is 6.26. The lowest BCUT2D eigenvalue weighted by molar-refractivity contribution is -0.116. The van der Waals surface area contributed by atoms with Crippen LogP contribution in [0.2, 0.25) is 0 Å². The molecular formula is C15H21BrN6O2. The van der Waals surface area contributed by atoms with Gasteiger partial charge in [0.05, 0.1) is 22.1 Å². The highest BCUT2D eigenvalue weighted by Gasteiger charge is 2.18. The van der Waals surface area contributed by atoms with Crippen molar-refractivity contribution in [3.63, 3.8) is 0 Å². The normalized spacial score (nSPS) is 10.7. The number of aryl methyl sites for hydroxylation is 3. The molecule has 0 spiro atoms. The lowest BCUT2D eigenvalue weighted by Crippen LogP contribution is -2.27. The van der Waals surface area contributed by atoms with Gasteiger partial charge in [-0.1, -0.05) is 6.92 Å². The second-order valence-electron chi connectivity index (χ2n) is 5.41. The molecule has 2 amide bonds. The maximum atomic E-state index is 12.2. The standard InChI is InChI=1S/C15H21BrN6O2/c1-4-6-17-15(24)14-12(8-18-21(14)3)19-13(23)5-7-22-9-11(16)10(2)20-22/h8-9H,4-7H2,1-3H3,(H,17,24)(H,19,23). The highest BCUT2D eigenvalue weighted by molar-refractivity contribution is 9.10. The fourth-order valence-corrected chi connectivity index (χ4v) is 2.47. The zero-order chi connectivity index (χ0) is 17.7. The zero-order valence-corrected chi connectivity index (χ0v) is 15.6. The van der Waals surface area contributed by atoms with Crippen molar-refractivity contribution in [2.75, 3.05) is 11.9 Å². The number of amides is 2. The molecule has 0 aliphatic carbocycles. The maximum absolute atomic E-state index is 12.2. The number of hydrogen-bond donors (Lipinski definition) is 2. The Morgan fingerprint density at radius 2 is 2.12 bits per heavy atom. The number of hydrogen-bond acceptors (Lipinski definition) is 4. The minimum Gasteiger partial charge on any atom is -0.351 e. The molecule has 24 heavy (non-hydrogen) atoms. The van der Waals surface area contributed by atoms with Crippen LogP contribution in [0, 0.1) is 6.92 Å². The van der Waals surface area contributed by atoms with E-state index in [1.165, 1.54) is 10.9 Å². The Bertz CT molecular complexity index is 717. The fourth-order valence-electron chi connectivity index (χ4n) is 2.16. The Morgan fingerprint density at radius 1 is 1.38 bits per heavy atom. The Hall–Kier alpha value is -2.16. The summed E-state index contributed by atoms with van der Waals surface area (Å²) in [5, 5.41) is 13.9. The number of carbonyl (C=O) groups excluding carboxylic acids is 2. The van der Waals surface area contributed by atoms with Crippen molar-refractivity contribution in [2.45, 2.75) is 33.2 Å². The largest absolute Gasteiger partial charge is 0.351 e. The highest BCUT2D eigenvalue weighted by atomic mass is 79.9. The van der Waals surface area contributed by atoms with Crippen LogP contribution in [0.25, 0.3) is 0 Å². The van der Waals surface area contributed by atoms with E-state index in [4.69, 9.17) is 0 Å². The third-order valence-electron chi connectivity index (χ3n) is 3.42. The van der Waals surface area contributed by atoms with Crippen LogP contribution in [0.3, 0.4) is 0 Å². The molecule has 0 aliphatic rings. The van der Waals surface area contributed by atoms with Gasteiger partial charge in [0.15, 0.2) is 0 Å². The van der Waals surface area contributed by atoms with Gasteiger partial charge in [-0.3, -0.25) is 19.0 Å². The van der Waals surface area contributed by atoms with Gasteiger partial charge in [0.25, 0.3) is 5.91 Å². The summed E-state index contributed by atoms with van der Waals surface area (Å²) in [7, 11) is 1.67. The van der Waals surface area contributed by atoms with Gasteiger partial charge in [-0.05, 0) is 29.3 Å². The summed E-state index contributed by atoms with van der Waals surface area (Å²) in [6, 6.07) is 0. The monoisotopic (exact) mass is 396 g/mol. The molecule has 2 heterocycles. The molecular weight excluding hydrogens is 376 g/mol. The summed E-state index contributed by atoms with van der Waals surface area (Å²) in [4.78, 5) is 24.3. The SMILES string of the molecule is CCCNC(=O)c1c(NC(=O)CCn2cc(Br)c(C)n2)cnn1C. The fraction of sp³-hybridized carbons (Fsp3) is 0.467. The molecule has 0 aliphatic heterocycles. The van der Waals surface area contributed by atoms with Crippen LogP contribution in [0.4, 0.5) is 5.69 Å². The van der Waals surface area contributed by atoms with Gasteiger partial charge in [-0.15, -0.1) is 0 Å². The van der Waals surface area contributed by atoms with Gasteiger partial charge in [-0.25, -0.2) is 0 Å². The Morgan fingerprint density at radius 3 is 2.75 bits per heavy atom. The molecule has 0 unspecified atom stereocenters. The molecule has 2 N–H and O–H groups in total. The van der Waals surface area contributed by atoms with Crippen molar-refractivity contribution >= 4 is 33.4 Å². The van der Waals surface area contributed by atoms with Gasteiger partial charge in [0, 0.05) is 32.8 Å². The maximum Gasteiger partial charge on any atom is 0.271 e. The van der Waals surface area contributed by atoms with Crippen molar-refractivity contribution in [1.82, 2.24) is 24.9 Å². The Kier molecular flexibility index (Phi) is 6.13. The number of nitrogens with zero attached hydrogens (tertiary/aromatic N) is 4. The van der Waals surface area contributed by atoms with Crippen LogP contribution < -0.4 is 10.6 Å². The molecule has 2 aromatic rings. The van der Waals surface area contributed by atoms with Gasteiger partial charge >= 0.3 is 0 Å². The number of carbonyl (C=O) groups is 2. The van der Waals surface area contributed by atoms with Crippen LogP contribution in [-0.4, -0.2) is 37.9 Å². The molecule has 2 rings (SSSR count). The van der Waals surface area contributed by atoms with E-state index >= 15 is 0 Å². The predicted octanol–water partition coefficient (Wildman–Crippen LogP) is 1.86. The number of rotatable bonds is 7. The van der Waals surface area contributed by atoms with E-state index in [0.29, 0.717) is 24.5 Å². The molecule has 0 atom stereocenters. The van der Waals surface area contributed by atoms with Crippen LogP contribution >= 0.6 is 15.9 Å². The van der Waals surface area contributed by atoms with Crippen LogP contribution in [0.15, 0.2) is 16.9 Å². The molecule has 0 radical (unpaired) electrons. The molecule has 0 aromatic carbocycles. The Balaban J connectivity index is 1.97. The Labute approximate surface area is 148 Å². The van der Waals surface area contributed by atoms with Crippen LogP contribution in [-0.2, 0) is 18.4 Å². The third-order valence-corrected chi connectivity index (χ3v) is 4.20. The summed E-state index contributed by atoms with van der Waals surface area (Å²) < 4.78 is 4.07. The van der Waals surface area contributed by atoms with Crippen molar-refractivity contribution in [3.05, 3.63) is 28.3 Å². The average molecular weight is 397 g/mol. The van der Waals surface area contributed by atoms with Gasteiger partial charge in [0.1, 0.15) is 5.69 Å². The summed E-state index contributed by atoms with van der Waals surface area (Å²) >= 11 is 3.39. The number of nitrogens with one attached hydrogen (secondary N) is 2. The lowest BCUT2D eigenvalue weighted by Gasteiger charge is -2.08. The zero-order valence-electron chi connectivity index (χ0n) is 14.0. The minimum absolute atomic E-state index is 0.197. The minimum atomic E-state index is -0.251. The average Bonchev–Trinajstić information content (AvgIpc) is 3.05. The number of aromatic nitrogens is 4. The first-order chi connectivity index (χ1) is 11.4. The molecule has 9 heteroatoms. The quantitative estimate of drug-likeness (QED) is 0.746. The summed E-state index contributed by atoms with van der Waals surface area (Å²) in [6.07, 6.45) is 4.40. The predicted molar refractivity (Wildman–Crippen MR) is 93.7 cm³/mol. The molecule has 0 fully saturated rings. The summed E-state index contributed by atoms with van der Waals surface area (Å²) in [5.74, 6) is -0.449. The van der Waals surface area contributed by atoms with E-state index in [2.05, 4.69) is 36.8 Å². The number of halogens is 1. The lowest BCUT2D eigenvalue weighted by atomic mass is 10.3. The first kappa shape index (κ1) is 18.2. The molecule has 0 saturated heterocycles. The smallest absolute Gasteiger partial charge is 0.271 e. The van der Waals surface area contributed by atoms with Crippen molar-refractivity contribution in [3.8, 4) is 0 Å². The van der Waals surface area contributed by atoms with Crippen molar-refractivity contribution in [2.24, 2.45) is 7.05 Å². The first-order valence-corrected chi connectivity index (χ1v) is 8.51. The molecule has 0 bridgehead atoms. The summed E-state index contributed by atoms with van der Waals surface area (Å²) in [6.45, 7) is 4.89. The van der Waals surface area contributed by atoms with E-state index in [1.807, 2.05) is 20.0 Å². The van der Waals surface area contributed by atoms with Crippen LogP contribution in [0.5, 0.6) is 0 Å². The molecule has 0 saturated carbocycles. The van der Waals surface area contributed by atoms with Gasteiger partial charge in [-0.2, -0.15) is 10.2 Å². The van der Waals surface area contributed by atoms with E-state index in [1.54, 1.807) is 11.7 Å². The molecule has 130 valence electrons. The molecule has 2 aromatic heterocycles. The van der Waals surface area contributed by atoms with Gasteiger partial charge < -0.3 is 10.6 Å². The van der Waals surface area contributed by atoms with Crippen LogP contribution in [0.1, 0.15) is 35.9 Å². The van der Waals surface area contributed by atoms with E-state index in [9.17, 15) is 9.59 Å².